The van der Waals surface area contributed by atoms with Crippen molar-refractivity contribution < 1.29 is 8.85 Å². The number of rotatable bonds is 8. The topological polar surface area (TPSA) is 18.5 Å². The molecular formula is C15H34O2Si. The fourth-order valence-corrected chi connectivity index (χ4v) is 6.18. The van der Waals surface area contributed by atoms with Crippen LogP contribution in [0.4, 0.5) is 0 Å². The maximum Gasteiger partial charge on any atom is 0.343 e. The summed E-state index contributed by atoms with van der Waals surface area (Å²) < 4.78 is 12.7. The van der Waals surface area contributed by atoms with Crippen molar-refractivity contribution in [2.24, 2.45) is 5.92 Å². The highest BCUT2D eigenvalue weighted by atomic mass is 28.4. The van der Waals surface area contributed by atoms with Crippen molar-refractivity contribution in [1.29, 1.82) is 0 Å². The summed E-state index contributed by atoms with van der Waals surface area (Å²) in [5.41, 5.74) is 0. The zero-order valence-corrected chi connectivity index (χ0v) is 14.8. The maximum absolute atomic E-state index is 6.37. The standard InChI is InChI=1S/C15H34O2Si/c1-9-11-16-18(15(6,7)8,17-14(4)5)12-10-13(2)3/h13-14H,9-12H2,1-8H3. The maximum atomic E-state index is 6.37. The lowest BCUT2D eigenvalue weighted by Gasteiger charge is -2.42. The molecule has 0 bridgehead atoms. The van der Waals surface area contributed by atoms with E-state index in [1.54, 1.807) is 0 Å². The molecule has 0 heterocycles. The molecule has 0 amide bonds. The second-order valence-electron chi connectivity index (χ2n) is 6.95. The van der Waals surface area contributed by atoms with Crippen molar-refractivity contribution in [3.05, 3.63) is 0 Å². The highest BCUT2D eigenvalue weighted by molar-refractivity contribution is 6.70. The highest BCUT2D eigenvalue weighted by Crippen LogP contribution is 2.42. The number of hydrogen-bond donors (Lipinski definition) is 0. The van der Waals surface area contributed by atoms with Gasteiger partial charge in [0.05, 0.1) is 0 Å². The summed E-state index contributed by atoms with van der Waals surface area (Å²) in [5, 5.41) is 0.126. The molecule has 0 saturated heterocycles. The van der Waals surface area contributed by atoms with Gasteiger partial charge >= 0.3 is 8.56 Å². The second kappa shape index (κ2) is 7.66. The van der Waals surface area contributed by atoms with E-state index in [0.717, 1.165) is 19.1 Å². The van der Waals surface area contributed by atoms with Gasteiger partial charge in [0.15, 0.2) is 0 Å². The molecule has 0 N–H and O–H groups in total. The minimum absolute atomic E-state index is 0.126. The molecule has 0 fully saturated rings. The third-order valence-corrected chi connectivity index (χ3v) is 7.91. The molecule has 3 heteroatoms. The van der Waals surface area contributed by atoms with Gasteiger partial charge in [0.1, 0.15) is 0 Å². The Morgan fingerprint density at radius 2 is 1.61 bits per heavy atom. The average molecular weight is 275 g/mol. The zero-order valence-electron chi connectivity index (χ0n) is 13.8. The van der Waals surface area contributed by atoms with Crippen LogP contribution in [0.15, 0.2) is 0 Å². The first-order valence-corrected chi connectivity index (χ1v) is 9.48. The fourth-order valence-electron chi connectivity index (χ4n) is 2.06. The minimum atomic E-state index is -2.14. The third-order valence-electron chi connectivity index (χ3n) is 3.16. The van der Waals surface area contributed by atoms with E-state index in [2.05, 4.69) is 55.4 Å². The van der Waals surface area contributed by atoms with E-state index in [4.69, 9.17) is 8.85 Å². The smallest absolute Gasteiger partial charge is 0.343 e. The Bertz CT molecular complexity index is 221. The van der Waals surface area contributed by atoms with Crippen molar-refractivity contribution in [3.63, 3.8) is 0 Å². The molecule has 0 spiro atoms. The van der Waals surface area contributed by atoms with Crippen molar-refractivity contribution in [3.8, 4) is 0 Å². The molecule has 0 aliphatic heterocycles. The summed E-state index contributed by atoms with van der Waals surface area (Å²) in [6.45, 7) is 18.6. The van der Waals surface area contributed by atoms with Gasteiger partial charge in [-0.15, -0.1) is 0 Å². The zero-order chi connectivity index (χ0) is 14.4. The van der Waals surface area contributed by atoms with E-state index in [-0.39, 0.29) is 11.1 Å². The predicted molar refractivity (Wildman–Crippen MR) is 82.2 cm³/mol. The first kappa shape index (κ1) is 18.1. The Kier molecular flexibility index (Phi) is 7.72. The quantitative estimate of drug-likeness (QED) is 0.571. The van der Waals surface area contributed by atoms with E-state index in [1.165, 1.54) is 6.42 Å². The van der Waals surface area contributed by atoms with E-state index in [1.807, 2.05) is 0 Å². The summed E-state index contributed by atoms with van der Waals surface area (Å²) in [5.74, 6) is 0.709. The van der Waals surface area contributed by atoms with E-state index in [0.29, 0.717) is 5.92 Å². The Balaban J connectivity index is 4.99. The van der Waals surface area contributed by atoms with Gasteiger partial charge < -0.3 is 8.85 Å². The lowest BCUT2D eigenvalue weighted by atomic mass is 10.2. The van der Waals surface area contributed by atoms with E-state index in [9.17, 15) is 0 Å². The van der Waals surface area contributed by atoms with Gasteiger partial charge in [-0.1, -0.05) is 41.5 Å². The van der Waals surface area contributed by atoms with Gasteiger partial charge in [-0.05, 0) is 38.7 Å². The highest BCUT2D eigenvalue weighted by Gasteiger charge is 2.49. The van der Waals surface area contributed by atoms with Crippen LogP contribution in [-0.2, 0) is 8.85 Å². The monoisotopic (exact) mass is 274 g/mol. The molecule has 1 unspecified atom stereocenters. The van der Waals surface area contributed by atoms with Gasteiger partial charge in [-0.2, -0.15) is 0 Å². The number of hydrogen-bond acceptors (Lipinski definition) is 2. The van der Waals surface area contributed by atoms with Crippen LogP contribution in [0.1, 0.15) is 68.2 Å². The largest absolute Gasteiger partial charge is 0.394 e. The molecule has 0 aliphatic carbocycles. The van der Waals surface area contributed by atoms with Crippen LogP contribution < -0.4 is 0 Å². The molecule has 0 aromatic heterocycles. The van der Waals surface area contributed by atoms with Crippen LogP contribution in [0.25, 0.3) is 0 Å². The van der Waals surface area contributed by atoms with Crippen LogP contribution in [0.2, 0.25) is 11.1 Å². The summed E-state index contributed by atoms with van der Waals surface area (Å²) in [6, 6.07) is 1.10. The molecule has 1 atom stereocenters. The Labute approximate surface area is 116 Å². The molecule has 110 valence electrons. The van der Waals surface area contributed by atoms with Crippen LogP contribution in [0, 0.1) is 5.92 Å². The summed E-state index contributed by atoms with van der Waals surface area (Å²) >= 11 is 0. The summed E-state index contributed by atoms with van der Waals surface area (Å²) in [6.07, 6.45) is 2.51. The second-order valence-corrected chi connectivity index (χ2v) is 11.0. The van der Waals surface area contributed by atoms with Crippen molar-refractivity contribution >= 4 is 8.56 Å². The van der Waals surface area contributed by atoms with E-state index >= 15 is 0 Å². The lowest BCUT2D eigenvalue weighted by molar-refractivity contribution is 0.112. The molecular weight excluding hydrogens is 240 g/mol. The average Bonchev–Trinajstić information content (AvgIpc) is 2.19. The molecule has 0 radical (unpaired) electrons. The van der Waals surface area contributed by atoms with Gasteiger partial charge in [0, 0.05) is 17.7 Å². The van der Waals surface area contributed by atoms with Gasteiger partial charge in [0.2, 0.25) is 0 Å². The summed E-state index contributed by atoms with van der Waals surface area (Å²) in [4.78, 5) is 0. The Hall–Kier alpha value is 0.137. The van der Waals surface area contributed by atoms with Crippen LogP contribution >= 0.6 is 0 Å². The Morgan fingerprint density at radius 1 is 1.06 bits per heavy atom. The Morgan fingerprint density at radius 3 is 1.94 bits per heavy atom. The van der Waals surface area contributed by atoms with Gasteiger partial charge in [-0.25, -0.2) is 0 Å². The van der Waals surface area contributed by atoms with Crippen molar-refractivity contribution in [2.45, 2.75) is 85.4 Å². The molecule has 0 saturated carbocycles. The summed E-state index contributed by atoms with van der Waals surface area (Å²) in [7, 11) is -2.14. The fraction of sp³-hybridized carbons (Fsp3) is 1.00. The lowest BCUT2D eigenvalue weighted by Crippen LogP contribution is -2.52. The van der Waals surface area contributed by atoms with Crippen molar-refractivity contribution in [1.82, 2.24) is 0 Å². The van der Waals surface area contributed by atoms with Gasteiger partial charge in [0.25, 0.3) is 0 Å². The molecule has 0 aromatic rings. The molecule has 0 aliphatic rings. The van der Waals surface area contributed by atoms with Crippen LogP contribution in [0.5, 0.6) is 0 Å². The third kappa shape index (κ3) is 5.85. The minimum Gasteiger partial charge on any atom is -0.394 e. The van der Waals surface area contributed by atoms with Crippen LogP contribution in [-0.4, -0.2) is 21.3 Å². The predicted octanol–water partition coefficient (Wildman–Crippen LogP) is 5.13. The molecule has 0 rings (SSSR count). The first-order valence-electron chi connectivity index (χ1n) is 7.46. The first-order chi connectivity index (χ1) is 8.14. The molecule has 2 nitrogen and oxygen atoms in total. The normalized spacial score (nSPS) is 16.3. The van der Waals surface area contributed by atoms with Crippen LogP contribution in [0.3, 0.4) is 0 Å². The van der Waals surface area contributed by atoms with Gasteiger partial charge in [-0.3, -0.25) is 0 Å². The van der Waals surface area contributed by atoms with Crippen molar-refractivity contribution in [2.75, 3.05) is 6.61 Å². The molecule has 0 aromatic carbocycles. The van der Waals surface area contributed by atoms with E-state index < -0.39 is 8.56 Å². The SMILES string of the molecule is CCCO[Si](CCC(C)C)(OC(C)C)C(C)(C)C. The molecule has 18 heavy (non-hydrogen) atoms.